The Balaban J connectivity index is 2.60. The minimum Gasteiger partial charge on any atom is -0.392 e. The summed E-state index contributed by atoms with van der Waals surface area (Å²) in [5, 5.41) is 20.9. The van der Waals surface area contributed by atoms with Crippen molar-refractivity contribution in [3.8, 4) is 0 Å². The number of hydrogen-bond donors (Lipinski definition) is 2. The molecule has 0 fully saturated rings. The van der Waals surface area contributed by atoms with E-state index in [2.05, 4.69) is 0 Å². The maximum atomic E-state index is 8.96. The van der Waals surface area contributed by atoms with E-state index in [1.54, 1.807) is 22.7 Å². The van der Waals surface area contributed by atoms with Crippen LogP contribution in [0, 0.1) is 0 Å². The van der Waals surface area contributed by atoms with Gasteiger partial charge in [-0.05, 0) is 17.0 Å². The van der Waals surface area contributed by atoms with Crippen LogP contribution in [0.1, 0.15) is 10.4 Å². The third-order valence-electron chi connectivity index (χ3n) is 1.73. The zero-order valence-corrected chi connectivity index (χ0v) is 7.91. The first-order valence-corrected chi connectivity index (χ1v) is 5.25. The van der Waals surface area contributed by atoms with Crippen molar-refractivity contribution in [1.29, 1.82) is 0 Å². The summed E-state index contributed by atoms with van der Waals surface area (Å²) in [5.41, 5.74) is 0.964. The van der Waals surface area contributed by atoms with Gasteiger partial charge in [0.05, 0.1) is 17.2 Å². The van der Waals surface area contributed by atoms with Crippen molar-refractivity contribution in [3.63, 3.8) is 0 Å². The molecule has 0 bridgehead atoms. The molecule has 0 aliphatic rings. The smallest absolute Gasteiger partial charge is 0.0872 e. The molecule has 0 unspecified atom stereocenters. The summed E-state index contributed by atoms with van der Waals surface area (Å²) in [4.78, 5) is 0.964. The van der Waals surface area contributed by atoms with E-state index in [9.17, 15) is 0 Å². The molecule has 0 saturated heterocycles. The second-order valence-electron chi connectivity index (χ2n) is 2.49. The second kappa shape index (κ2) is 3.14. The molecular weight excluding hydrogens is 192 g/mol. The minimum absolute atomic E-state index is 0.0849. The molecule has 2 N–H and O–H groups in total. The van der Waals surface area contributed by atoms with Crippen molar-refractivity contribution in [2.75, 3.05) is 0 Å². The Bertz CT molecular complexity index is 389. The zero-order valence-electron chi connectivity index (χ0n) is 6.28. The number of aliphatic hydroxyl groups is 2. The van der Waals surface area contributed by atoms with Gasteiger partial charge in [0.2, 0.25) is 0 Å². The number of hydrogen-bond acceptors (Lipinski definition) is 4. The Morgan fingerprint density at radius 2 is 2.08 bits per heavy atom. The molecule has 12 heavy (non-hydrogen) atoms. The van der Waals surface area contributed by atoms with E-state index in [0.29, 0.717) is 0 Å². The van der Waals surface area contributed by atoms with Gasteiger partial charge in [-0.15, -0.1) is 22.7 Å². The van der Waals surface area contributed by atoms with E-state index in [-0.39, 0.29) is 13.2 Å². The van der Waals surface area contributed by atoms with Gasteiger partial charge in [-0.1, -0.05) is 0 Å². The highest BCUT2D eigenvalue weighted by molar-refractivity contribution is 7.37. The van der Waals surface area contributed by atoms with Gasteiger partial charge in [0, 0.05) is 10.3 Å². The van der Waals surface area contributed by atoms with E-state index in [4.69, 9.17) is 10.2 Å². The lowest BCUT2D eigenvalue weighted by molar-refractivity contribution is 0.283. The lowest BCUT2D eigenvalue weighted by atomic mass is 10.2. The number of rotatable bonds is 2. The predicted octanol–water partition coefficient (Wildman–Crippen LogP) is 1.95. The predicted molar refractivity (Wildman–Crippen MR) is 51.5 cm³/mol. The third-order valence-corrected chi connectivity index (χ3v) is 4.02. The Hall–Kier alpha value is -0.420. The summed E-state index contributed by atoms with van der Waals surface area (Å²) in [6.45, 7) is 0.179. The summed E-state index contributed by atoms with van der Waals surface area (Å²) in [5.74, 6) is 0. The number of thiophene rings is 2. The fourth-order valence-electron chi connectivity index (χ4n) is 1.12. The SMILES string of the molecule is OCc1cc2c(CO)csc2s1. The number of fused-ring (bicyclic) bond motifs is 1. The van der Waals surface area contributed by atoms with E-state index >= 15 is 0 Å². The van der Waals surface area contributed by atoms with Crippen LogP contribution in [-0.4, -0.2) is 10.2 Å². The molecule has 2 heterocycles. The maximum Gasteiger partial charge on any atom is 0.0872 e. The van der Waals surface area contributed by atoms with Crippen molar-refractivity contribution < 1.29 is 10.2 Å². The average Bonchev–Trinajstić information content (AvgIpc) is 2.61. The first-order chi connectivity index (χ1) is 5.85. The molecule has 0 saturated carbocycles. The van der Waals surface area contributed by atoms with Gasteiger partial charge in [0.15, 0.2) is 0 Å². The van der Waals surface area contributed by atoms with Crippen LogP contribution in [0.4, 0.5) is 0 Å². The van der Waals surface area contributed by atoms with Crippen LogP contribution < -0.4 is 0 Å². The highest BCUT2D eigenvalue weighted by atomic mass is 32.2. The topological polar surface area (TPSA) is 40.5 Å². The van der Waals surface area contributed by atoms with Crippen molar-refractivity contribution in [2.45, 2.75) is 13.2 Å². The fraction of sp³-hybridized carbons (Fsp3) is 0.250. The van der Waals surface area contributed by atoms with Gasteiger partial charge in [0.1, 0.15) is 0 Å². The fourth-order valence-corrected chi connectivity index (χ4v) is 3.33. The summed E-state index contributed by atoms with van der Waals surface area (Å²) >= 11 is 3.21. The van der Waals surface area contributed by atoms with Gasteiger partial charge in [-0.2, -0.15) is 0 Å². The summed E-state index contributed by atoms with van der Waals surface area (Å²) in [6, 6.07) is 1.95. The van der Waals surface area contributed by atoms with Crippen LogP contribution in [0.15, 0.2) is 11.4 Å². The molecular formula is C8H8O2S2. The Kier molecular flexibility index (Phi) is 2.14. The zero-order chi connectivity index (χ0) is 8.55. The Morgan fingerprint density at radius 1 is 1.25 bits per heavy atom. The molecule has 2 nitrogen and oxygen atoms in total. The van der Waals surface area contributed by atoms with E-state index in [1.165, 1.54) is 4.01 Å². The minimum atomic E-state index is 0.0849. The highest BCUT2D eigenvalue weighted by Crippen LogP contribution is 2.33. The van der Waals surface area contributed by atoms with Crippen LogP contribution >= 0.6 is 22.7 Å². The third kappa shape index (κ3) is 1.17. The van der Waals surface area contributed by atoms with Gasteiger partial charge < -0.3 is 10.2 Å². The molecule has 2 aromatic heterocycles. The summed E-state index contributed by atoms with van der Waals surface area (Å²) in [7, 11) is 0. The van der Waals surface area contributed by atoms with Crippen LogP contribution in [0.3, 0.4) is 0 Å². The van der Waals surface area contributed by atoms with Gasteiger partial charge in [-0.25, -0.2) is 0 Å². The largest absolute Gasteiger partial charge is 0.392 e. The first-order valence-electron chi connectivity index (χ1n) is 3.55. The molecule has 0 spiro atoms. The average molecular weight is 200 g/mol. The highest BCUT2D eigenvalue weighted by Gasteiger charge is 2.06. The molecule has 0 amide bonds. The lowest BCUT2D eigenvalue weighted by Gasteiger charge is -1.86. The quantitative estimate of drug-likeness (QED) is 0.778. The van der Waals surface area contributed by atoms with E-state index in [0.717, 1.165) is 15.8 Å². The molecule has 64 valence electrons. The van der Waals surface area contributed by atoms with Crippen LogP contribution in [-0.2, 0) is 13.2 Å². The first kappa shape index (κ1) is 8.19. The van der Waals surface area contributed by atoms with Crippen LogP contribution in [0.2, 0.25) is 0 Å². The van der Waals surface area contributed by atoms with Crippen molar-refractivity contribution in [3.05, 3.63) is 21.9 Å². The molecule has 0 aliphatic carbocycles. The molecule has 2 rings (SSSR count). The monoisotopic (exact) mass is 200 g/mol. The van der Waals surface area contributed by atoms with E-state index in [1.807, 2.05) is 11.4 Å². The molecule has 0 aromatic carbocycles. The molecule has 0 aliphatic heterocycles. The van der Waals surface area contributed by atoms with Crippen molar-refractivity contribution in [1.82, 2.24) is 0 Å². The Labute approximate surface area is 77.7 Å². The molecule has 2 aromatic rings. The van der Waals surface area contributed by atoms with Crippen LogP contribution in [0.25, 0.3) is 9.40 Å². The van der Waals surface area contributed by atoms with Crippen LogP contribution in [0.5, 0.6) is 0 Å². The standard InChI is InChI=1S/C8H8O2S2/c9-2-5-4-11-8-7(5)1-6(3-10)12-8/h1,4,9-10H,2-3H2. The van der Waals surface area contributed by atoms with Gasteiger partial charge >= 0.3 is 0 Å². The summed E-state index contributed by atoms with van der Waals surface area (Å²) in [6.07, 6.45) is 0. The van der Waals surface area contributed by atoms with E-state index < -0.39 is 0 Å². The second-order valence-corrected chi connectivity index (χ2v) is 4.77. The Morgan fingerprint density at radius 3 is 2.75 bits per heavy atom. The number of aliphatic hydroxyl groups excluding tert-OH is 2. The molecule has 0 atom stereocenters. The normalized spacial score (nSPS) is 11.2. The van der Waals surface area contributed by atoms with Crippen molar-refractivity contribution in [2.24, 2.45) is 0 Å². The molecule has 4 heteroatoms. The van der Waals surface area contributed by atoms with Crippen molar-refractivity contribution >= 4 is 32.1 Å². The lowest BCUT2D eigenvalue weighted by Crippen LogP contribution is -1.76. The van der Waals surface area contributed by atoms with Gasteiger partial charge in [0.25, 0.3) is 0 Å². The summed E-state index contributed by atoms with van der Waals surface area (Å²) < 4.78 is 1.18. The maximum absolute atomic E-state index is 8.96. The van der Waals surface area contributed by atoms with Gasteiger partial charge in [-0.3, -0.25) is 0 Å². The molecule has 0 radical (unpaired) electrons.